The van der Waals surface area contributed by atoms with Crippen LogP contribution in [0.25, 0.3) is 0 Å². The minimum atomic E-state index is -0.843. The fourth-order valence-corrected chi connectivity index (χ4v) is 3.67. The summed E-state index contributed by atoms with van der Waals surface area (Å²) in [5, 5.41) is 16.2. The quantitative estimate of drug-likeness (QED) is 0.797. The molecule has 0 radical (unpaired) electrons. The van der Waals surface area contributed by atoms with E-state index in [1.54, 1.807) is 0 Å². The van der Waals surface area contributed by atoms with Crippen LogP contribution in [0.2, 0.25) is 0 Å². The monoisotopic (exact) mass is 316 g/mol. The van der Waals surface area contributed by atoms with Crippen molar-refractivity contribution in [2.75, 3.05) is 11.9 Å². The van der Waals surface area contributed by atoms with E-state index < -0.39 is 5.60 Å². The number of hydrogen-bond donors (Lipinski definition) is 3. The number of rotatable bonds is 4. The normalized spacial score (nSPS) is 22.8. The van der Waals surface area contributed by atoms with E-state index in [0.29, 0.717) is 25.8 Å². The summed E-state index contributed by atoms with van der Waals surface area (Å²) in [6.07, 6.45) is 5.05. The maximum Gasteiger partial charge on any atom is 0.225 e. The molecule has 1 aromatic rings. The summed E-state index contributed by atoms with van der Waals surface area (Å²) >= 11 is 0. The summed E-state index contributed by atoms with van der Waals surface area (Å²) in [6.45, 7) is 0.430. The molecule has 2 amide bonds. The Morgan fingerprint density at radius 3 is 2.78 bits per heavy atom. The molecule has 1 aliphatic heterocycles. The van der Waals surface area contributed by atoms with Gasteiger partial charge in [-0.15, -0.1) is 0 Å². The summed E-state index contributed by atoms with van der Waals surface area (Å²) < 4.78 is 0. The molecule has 0 aromatic heterocycles. The van der Waals surface area contributed by atoms with Gasteiger partial charge in [-0.25, -0.2) is 0 Å². The van der Waals surface area contributed by atoms with Gasteiger partial charge in [0.25, 0.3) is 0 Å². The first-order chi connectivity index (χ1) is 11.1. The van der Waals surface area contributed by atoms with E-state index >= 15 is 0 Å². The molecule has 23 heavy (non-hydrogen) atoms. The van der Waals surface area contributed by atoms with Gasteiger partial charge in [0.2, 0.25) is 11.8 Å². The lowest BCUT2D eigenvalue weighted by molar-refractivity contribution is -0.127. The molecule has 1 atom stereocenters. The average Bonchev–Trinajstić information content (AvgIpc) is 2.52. The first kappa shape index (κ1) is 16.0. The molecule has 0 spiro atoms. The molecule has 0 bridgehead atoms. The van der Waals surface area contributed by atoms with Crippen LogP contribution in [0.4, 0.5) is 5.69 Å². The second-order valence-electron chi connectivity index (χ2n) is 6.80. The highest BCUT2D eigenvalue weighted by atomic mass is 16.3. The van der Waals surface area contributed by atoms with Gasteiger partial charge in [0.15, 0.2) is 0 Å². The first-order valence-electron chi connectivity index (χ1n) is 8.44. The van der Waals surface area contributed by atoms with E-state index in [-0.39, 0.29) is 24.2 Å². The van der Waals surface area contributed by atoms with E-state index in [1.807, 2.05) is 24.3 Å². The molecular weight excluding hydrogens is 292 g/mol. The Balaban J connectivity index is 1.58. The zero-order valence-electron chi connectivity index (χ0n) is 13.3. The van der Waals surface area contributed by atoms with Gasteiger partial charge in [-0.05, 0) is 24.5 Å². The minimum Gasteiger partial charge on any atom is -0.389 e. The van der Waals surface area contributed by atoms with E-state index in [2.05, 4.69) is 10.6 Å². The molecule has 1 heterocycles. The number of anilines is 1. The number of hydrogen-bond acceptors (Lipinski definition) is 3. The Bertz CT molecular complexity index is 594. The molecule has 2 aliphatic rings. The molecule has 1 unspecified atom stereocenters. The second kappa shape index (κ2) is 6.71. The van der Waals surface area contributed by atoms with E-state index in [1.165, 1.54) is 0 Å². The molecule has 0 saturated heterocycles. The van der Waals surface area contributed by atoms with Gasteiger partial charge in [-0.3, -0.25) is 9.59 Å². The number of carbonyl (C=O) groups excluding carboxylic acids is 2. The van der Waals surface area contributed by atoms with Crippen molar-refractivity contribution in [1.29, 1.82) is 0 Å². The maximum absolute atomic E-state index is 12.2. The Labute approximate surface area is 136 Å². The highest BCUT2D eigenvalue weighted by molar-refractivity contribution is 5.94. The van der Waals surface area contributed by atoms with Crippen LogP contribution in [0.1, 0.15) is 56.4 Å². The molecule has 124 valence electrons. The number of aliphatic hydroxyl groups is 1. The highest BCUT2D eigenvalue weighted by Gasteiger charge is 2.32. The number of fused-ring (bicyclic) bond motifs is 1. The van der Waals surface area contributed by atoms with E-state index in [9.17, 15) is 14.7 Å². The third-order valence-electron chi connectivity index (χ3n) is 4.93. The Hall–Kier alpha value is -1.88. The van der Waals surface area contributed by atoms with Gasteiger partial charge in [-0.2, -0.15) is 0 Å². The number of para-hydroxylation sites is 1. The van der Waals surface area contributed by atoms with Gasteiger partial charge in [0, 0.05) is 24.6 Å². The lowest BCUT2D eigenvalue weighted by Gasteiger charge is -2.32. The summed E-state index contributed by atoms with van der Waals surface area (Å²) in [5.41, 5.74) is 1.04. The van der Waals surface area contributed by atoms with Crippen molar-refractivity contribution in [3.05, 3.63) is 29.8 Å². The molecule has 5 heteroatoms. The van der Waals surface area contributed by atoms with Crippen molar-refractivity contribution >= 4 is 17.5 Å². The van der Waals surface area contributed by atoms with Gasteiger partial charge in [0.1, 0.15) is 0 Å². The Kier molecular flexibility index (Phi) is 4.66. The molecule has 1 saturated carbocycles. The van der Waals surface area contributed by atoms with Crippen molar-refractivity contribution in [2.45, 2.75) is 56.5 Å². The van der Waals surface area contributed by atoms with Gasteiger partial charge in [-0.1, -0.05) is 37.5 Å². The van der Waals surface area contributed by atoms with Crippen molar-refractivity contribution < 1.29 is 14.7 Å². The van der Waals surface area contributed by atoms with Crippen LogP contribution in [-0.2, 0) is 9.59 Å². The number of benzene rings is 1. The Morgan fingerprint density at radius 2 is 2.00 bits per heavy atom. The highest BCUT2D eigenvalue weighted by Crippen LogP contribution is 2.32. The smallest absolute Gasteiger partial charge is 0.225 e. The standard InChI is InChI=1S/C18H24N2O3/c21-16-10-13(14-6-2-3-7-15(14)20-16)12-19-17(22)11-18(23)8-4-1-5-9-18/h2-3,6-7,13,23H,1,4-5,8-12H2,(H,19,22)(H,20,21). The van der Waals surface area contributed by atoms with Gasteiger partial charge in [0.05, 0.1) is 12.0 Å². The third kappa shape index (κ3) is 3.91. The number of carbonyl (C=O) groups is 2. The molecular formula is C18H24N2O3. The molecule has 1 aromatic carbocycles. The van der Waals surface area contributed by atoms with Crippen LogP contribution in [0, 0.1) is 0 Å². The lowest BCUT2D eigenvalue weighted by Crippen LogP contribution is -2.40. The predicted molar refractivity (Wildman–Crippen MR) is 88.1 cm³/mol. The zero-order valence-corrected chi connectivity index (χ0v) is 13.3. The minimum absolute atomic E-state index is 0.00935. The van der Waals surface area contributed by atoms with Crippen LogP contribution >= 0.6 is 0 Å². The van der Waals surface area contributed by atoms with Crippen LogP contribution in [0.5, 0.6) is 0 Å². The van der Waals surface area contributed by atoms with Crippen molar-refractivity contribution in [3.63, 3.8) is 0 Å². The fraction of sp³-hybridized carbons (Fsp3) is 0.556. The number of nitrogens with one attached hydrogen (secondary N) is 2. The van der Waals surface area contributed by atoms with Crippen LogP contribution in [0.3, 0.4) is 0 Å². The fourth-order valence-electron chi connectivity index (χ4n) is 3.67. The van der Waals surface area contributed by atoms with Gasteiger partial charge >= 0.3 is 0 Å². The summed E-state index contributed by atoms with van der Waals surface area (Å²) in [7, 11) is 0. The Morgan fingerprint density at radius 1 is 1.26 bits per heavy atom. The van der Waals surface area contributed by atoms with Crippen LogP contribution in [0.15, 0.2) is 24.3 Å². The van der Waals surface area contributed by atoms with E-state index in [0.717, 1.165) is 30.5 Å². The summed E-state index contributed by atoms with van der Waals surface area (Å²) in [5.74, 6) is -0.156. The average molecular weight is 316 g/mol. The van der Waals surface area contributed by atoms with Crippen LogP contribution < -0.4 is 10.6 Å². The maximum atomic E-state index is 12.2. The topological polar surface area (TPSA) is 78.4 Å². The summed E-state index contributed by atoms with van der Waals surface area (Å²) in [6, 6.07) is 7.70. The predicted octanol–water partition coefficient (Wildman–Crippen LogP) is 2.31. The van der Waals surface area contributed by atoms with Crippen molar-refractivity contribution in [2.24, 2.45) is 0 Å². The van der Waals surface area contributed by atoms with E-state index in [4.69, 9.17) is 0 Å². The molecule has 1 aliphatic carbocycles. The molecule has 5 nitrogen and oxygen atoms in total. The second-order valence-corrected chi connectivity index (χ2v) is 6.80. The SMILES string of the molecule is O=C(CC1(O)CCCCC1)NCC1CC(=O)Nc2ccccc21. The van der Waals surface area contributed by atoms with Crippen molar-refractivity contribution in [1.82, 2.24) is 5.32 Å². The lowest BCUT2D eigenvalue weighted by atomic mass is 9.82. The van der Waals surface area contributed by atoms with Crippen molar-refractivity contribution in [3.8, 4) is 0 Å². The molecule has 1 fully saturated rings. The molecule has 3 rings (SSSR count). The zero-order chi connectivity index (χ0) is 16.3. The van der Waals surface area contributed by atoms with Crippen LogP contribution in [-0.4, -0.2) is 29.1 Å². The number of amides is 2. The first-order valence-corrected chi connectivity index (χ1v) is 8.44. The van der Waals surface area contributed by atoms with Gasteiger partial charge < -0.3 is 15.7 Å². The largest absolute Gasteiger partial charge is 0.389 e. The third-order valence-corrected chi connectivity index (χ3v) is 4.93. The summed E-state index contributed by atoms with van der Waals surface area (Å²) in [4.78, 5) is 24.0. The molecule has 3 N–H and O–H groups in total.